The summed E-state index contributed by atoms with van der Waals surface area (Å²) in [5.74, 6) is 1.17. The van der Waals surface area contributed by atoms with Crippen molar-refractivity contribution >= 4 is 22.7 Å². The summed E-state index contributed by atoms with van der Waals surface area (Å²) in [7, 11) is 0. The molecule has 0 spiro atoms. The predicted octanol–water partition coefficient (Wildman–Crippen LogP) is 2.95. The summed E-state index contributed by atoms with van der Waals surface area (Å²) in [4.78, 5) is 17.7. The SMILES string of the molecule is CC(C)COCCCNc1nc2ccc([N+](=O)[O-])cc2[nH]1. The first-order valence-corrected chi connectivity index (χ1v) is 7.02. The molecule has 0 bridgehead atoms. The molecule has 7 heteroatoms. The molecule has 0 aliphatic heterocycles. The molecule has 0 unspecified atom stereocenters. The number of H-pyrrole nitrogens is 1. The molecule has 1 aromatic heterocycles. The van der Waals surface area contributed by atoms with E-state index in [1.165, 1.54) is 12.1 Å². The first-order valence-electron chi connectivity index (χ1n) is 7.02. The van der Waals surface area contributed by atoms with Gasteiger partial charge in [-0.3, -0.25) is 10.1 Å². The molecular formula is C14H20N4O3. The van der Waals surface area contributed by atoms with Gasteiger partial charge in [-0.2, -0.15) is 0 Å². The highest BCUT2D eigenvalue weighted by atomic mass is 16.6. The van der Waals surface area contributed by atoms with Crippen LogP contribution in [-0.4, -0.2) is 34.6 Å². The summed E-state index contributed by atoms with van der Waals surface area (Å²) < 4.78 is 5.49. The molecule has 0 aliphatic rings. The van der Waals surface area contributed by atoms with Gasteiger partial charge in [0.2, 0.25) is 5.95 Å². The second-order valence-electron chi connectivity index (χ2n) is 5.29. The Balaban J connectivity index is 1.84. The molecule has 2 aromatic rings. The van der Waals surface area contributed by atoms with Crippen molar-refractivity contribution in [1.29, 1.82) is 0 Å². The number of fused-ring (bicyclic) bond motifs is 1. The summed E-state index contributed by atoms with van der Waals surface area (Å²) in [5, 5.41) is 13.9. The van der Waals surface area contributed by atoms with Gasteiger partial charge < -0.3 is 15.0 Å². The first kappa shape index (κ1) is 15.2. The van der Waals surface area contributed by atoms with Crippen LogP contribution in [0, 0.1) is 16.0 Å². The molecule has 0 fully saturated rings. The van der Waals surface area contributed by atoms with Gasteiger partial charge in [-0.15, -0.1) is 0 Å². The molecule has 0 aliphatic carbocycles. The number of nitro groups is 1. The van der Waals surface area contributed by atoms with Crippen LogP contribution in [-0.2, 0) is 4.74 Å². The Labute approximate surface area is 122 Å². The highest BCUT2D eigenvalue weighted by Gasteiger charge is 2.09. The highest BCUT2D eigenvalue weighted by molar-refractivity contribution is 5.79. The smallest absolute Gasteiger partial charge is 0.271 e. The maximum atomic E-state index is 10.7. The quantitative estimate of drug-likeness (QED) is 0.443. The lowest BCUT2D eigenvalue weighted by atomic mass is 10.2. The van der Waals surface area contributed by atoms with Gasteiger partial charge in [0.15, 0.2) is 0 Å². The van der Waals surface area contributed by atoms with Crippen molar-refractivity contribution in [2.24, 2.45) is 5.92 Å². The van der Waals surface area contributed by atoms with Crippen molar-refractivity contribution < 1.29 is 9.66 Å². The van der Waals surface area contributed by atoms with E-state index in [4.69, 9.17) is 4.74 Å². The Morgan fingerprint density at radius 3 is 3.00 bits per heavy atom. The number of rotatable bonds is 8. The van der Waals surface area contributed by atoms with E-state index in [0.717, 1.165) is 19.6 Å². The van der Waals surface area contributed by atoms with Crippen molar-refractivity contribution in [2.75, 3.05) is 25.1 Å². The minimum atomic E-state index is -0.417. The van der Waals surface area contributed by atoms with Gasteiger partial charge in [0.1, 0.15) is 0 Å². The number of aromatic amines is 1. The number of non-ortho nitro benzene ring substituents is 1. The van der Waals surface area contributed by atoms with Crippen LogP contribution >= 0.6 is 0 Å². The van der Waals surface area contributed by atoms with Crippen LogP contribution in [0.5, 0.6) is 0 Å². The van der Waals surface area contributed by atoms with Crippen LogP contribution in [0.4, 0.5) is 11.6 Å². The van der Waals surface area contributed by atoms with E-state index in [2.05, 4.69) is 29.1 Å². The summed E-state index contributed by atoms with van der Waals surface area (Å²) in [6, 6.07) is 4.58. The van der Waals surface area contributed by atoms with E-state index < -0.39 is 4.92 Å². The number of benzene rings is 1. The fourth-order valence-corrected chi connectivity index (χ4v) is 1.89. The van der Waals surface area contributed by atoms with Crippen molar-refractivity contribution in [2.45, 2.75) is 20.3 Å². The molecule has 7 nitrogen and oxygen atoms in total. The van der Waals surface area contributed by atoms with Crippen molar-refractivity contribution in [3.05, 3.63) is 28.3 Å². The Morgan fingerprint density at radius 2 is 2.29 bits per heavy atom. The predicted molar refractivity (Wildman–Crippen MR) is 81.5 cm³/mol. The minimum absolute atomic E-state index is 0.0554. The van der Waals surface area contributed by atoms with Crippen LogP contribution in [0.2, 0.25) is 0 Å². The standard InChI is InChI=1S/C14H20N4O3/c1-10(2)9-21-7-3-6-15-14-16-12-5-4-11(18(19)20)8-13(12)17-14/h4-5,8,10H,3,6-7,9H2,1-2H3,(H2,15,16,17). The molecule has 0 saturated heterocycles. The lowest BCUT2D eigenvalue weighted by molar-refractivity contribution is -0.384. The van der Waals surface area contributed by atoms with Crippen LogP contribution in [0.1, 0.15) is 20.3 Å². The average molecular weight is 292 g/mol. The molecule has 0 amide bonds. The Morgan fingerprint density at radius 1 is 1.48 bits per heavy atom. The first-order chi connectivity index (χ1) is 10.1. The van der Waals surface area contributed by atoms with E-state index in [0.29, 0.717) is 29.5 Å². The molecule has 1 aromatic carbocycles. The van der Waals surface area contributed by atoms with E-state index in [-0.39, 0.29) is 5.69 Å². The van der Waals surface area contributed by atoms with Gasteiger partial charge in [-0.1, -0.05) is 13.8 Å². The van der Waals surface area contributed by atoms with E-state index >= 15 is 0 Å². The van der Waals surface area contributed by atoms with Crippen molar-refractivity contribution in [3.63, 3.8) is 0 Å². The van der Waals surface area contributed by atoms with E-state index in [1.54, 1.807) is 6.07 Å². The van der Waals surface area contributed by atoms with Gasteiger partial charge in [-0.05, 0) is 18.4 Å². The number of imidazole rings is 1. The Hall–Kier alpha value is -2.15. The fraction of sp³-hybridized carbons (Fsp3) is 0.500. The summed E-state index contributed by atoms with van der Waals surface area (Å²) in [6.07, 6.45) is 0.879. The molecule has 2 N–H and O–H groups in total. The maximum Gasteiger partial charge on any atom is 0.271 e. The van der Waals surface area contributed by atoms with Crippen LogP contribution in [0.15, 0.2) is 18.2 Å². The third kappa shape index (κ3) is 4.42. The number of nitro benzene ring substituents is 1. The third-order valence-corrected chi connectivity index (χ3v) is 2.89. The minimum Gasteiger partial charge on any atom is -0.381 e. The van der Waals surface area contributed by atoms with Crippen LogP contribution in [0.3, 0.4) is 0 Å². The Bertz CT molecular complexity index is 609. The number of hydrogen-bond donors (Lipinski definition) is 2. The maximum absolute atomic E-state index is 10.7. The largest absolute Gasteiger partial charge is 0.381 e. The van der Waals surface area contributed by atoms with Crippen molar-refractivity contribution in [1.82, 2.24) is 9.97 Å². The number of ether oxygens (including phenoxy) is 1. The number of nitrogens with one attached hydrogen (secondary N) is 2. The molecule has 2 rings (SSSR count). The zero-order valence-electron chi connectivity index (χ0n) is 12.3. The van der Waals surface area contributed by atoms with Crippen LogP contribution < -0.4 is 5.32 Å². The normalized spacial score (nSPS) is 11.2. The second-order valence-corrected chi connectivity index (χ2v) is 5.29. The fourth-order valence-electron chi connectivity index (χ4n) is 1.89. The second kappa shape index (κ2) is 7.03. The summed E-state index contributed by atoms with van der Waals surface area (Å²) in [6.45, 7) is 6.45. The molecule has 0 saturated carbocycles. The molecule has 0 radical (unpaired) electrons. The monoisotopic (exact) mass is 292 g/mol. The topological polar surface area (TPSA) is 93.1 Å². The summed E-state index contributed by atoms with van der Waals surface area (Å²) in [5.41, 5.74) is 1.42. The van der Waals surface area contributed by atoms with Crippen molar-refractivity contribution in [3.8, 4) is 0 Å². The number of nitrogens with zero attached hydrogens (tertiary/aromatic N) is 2. The number of anilines is 1. The lowest BCUT2D eigenvalue weighted by Crippen LogP contribution is -2.09. The average Bonchev–Trinajstić information content (AvgIpc) is 2.83. The third-order valence-electron chi connectivity index (χ3n) is 2.89. The Kier molecular flexibility index (Phi) is 5.10. The zero-order chi connectivity index (χ0) is 15.2. The lowest BCUT2D eigenvalue weighted by Gasteiger charge is -2.06. The van der Waals surface area contributed by atoms with Crippen LogP contribution in [0.25, 0.3) is 11.0 Å². The number of hydrogen-bond acceptors (Lipinski definition) is 5. The number of aromatic nitrogens is 2. The van der Waals surface area contributed by atoms with Gasteiger partial charge in [-0.25, -0.2) is 4.98 Å². The summed E-state index contributed by atoms with van der Waals surface area (Å²) >= 11 is 0. The molecule has 0 atom stereocenters. The van der Waals surface area contributed by atoms with E-state index in [1.807, 2.05) is 0 Å². The molecule has 21 heavy (non-hydrogen) atoms. The van der Waals surface area contributed by atoms with Gasteiger partial charge in [0.05, 0.1) is 16.0 Å². The highest BCUT2D eigenvalue weighted by Crippen LogP contribution is 2.20. The van der Waals surface area contributed by atoms with Gasteiger partial charge >= 0.3 is 0 Å². The zero-order valence-corrected chi connectivity index (χ0v) is 12.3. The molecule has 1 heterocycles. The van der Waals surface area contributed by atoms with E-state index in [9.17, 15) is 10.1 Å². The van der Waals surface area contributed by atoms with Gasteiger partial charge in [0.25, 0.3) is 5.69 Å². The molecule has 114 valence electrons. The van der Waals surface area contributed by atoms with Gasteiger partial charge in [0, 0.05) is 31.9 Å². The molecular weight excluding hydrogens is 272 g/mol.